The maximum Gasteiger partial charge on any atom is 0.268 e. The Kier molecular flexibility index (Phi) is 44.3. The number of carbonyl (C=O) groups excluding carboxylic acids is 1. The highest BCUT2D eigenvalue weighted by Gasteiger charge is 2.24. The van der Waals surface area contributed by atoms with E-state index in [1.807, 2.05) is 21.1 Å². The first-order valence-electron chi connectivity index (χ1n) is 25.7. The average molecular weight is 925 g/mol. The van der Waals surface area contributed by atoms with E-state index in [-0.39, 0.29) is 25.5 Å². The van der Waals surface area contributed by atoms with E-state index in [0.717, 1.165) is 83.5 Å². The summed E-state index contributed by atoms with van der Waals surface area (Å²) in [5.41, 5.74) is 0. The first-order chi connectivity index (χ1) is 31.5. The van der Waals surface area contributed by atoms with E-state index in [1.165, 1.54) is 70.6 Å². The number of allylic oxidation sites excluding steroid dienone is 18. The number of phosphoric ester groups is 1. The quantitative estimate of drug-likeness (QED) is 0.0273. The highest BCUT2D eigenvalue weighted by atomic mass is 31.2. The minimum atomic E-state index is -4.59. The van der Waals surface area contributed by atoms with Crippen LogP contribution < -0.4 is 10.2 Å². The summed E-state index contributed by atoms with van der Waals surface area (Å²) in [6, 6.07) is -0.839. The van der Waals surface area contributed by atoms with Crippen molar-refractivity contribution < 1.29 is 32.9 Å². The predicted molar refractivity (Wildman–Crippen MR) is 279 cm³/mol. The summed E-state index contributed by atoms with van der Waals surface area (Å²) in [5, 5.41) is 13.9. The van der Waals surface area contributed by atoms with Gasteiger partial charge >= 0.3 is 0 Å². The van der Waals surface area contributed by atoms with Crippen LogP contribution in [-0.4, -0.2) is 68.5 Å². The topological polar surface area (TPSA) is 108 Å². The molecule has 3 atom stereocenters. The second-order valence-corrected chi connectivity index (χ2v) is 19.6. The van der Waals surface area contributed by atoms with Gasteiger partial charge in [0, 0.05) is 6.42 Å². The maximum atomic E-state index is 12.9. The molecule has 0 fully saturated rings. The minimum Gasteiger partial charge on any atom is -0.756 e. The highest BCUT2D eigenvalue weighted by molar-refractivity contribution is 7.45. The minimum absolute atomic E-state index is 0.00497. The van der Waals surface area contributed by atoms with Crippen molar-refractivity contribution in [2.24, 2.45) is 0 Å². The Morgan fingerprint density at radius 2 is 0.923 bits per heavy atom. The molecule has 0 heterocycles. The van der Waals surface area contributed by atoms with E-state index in [1.54, 1.807) is 0 Å². The van der Waals surface area contributed by atoms with Crippen molar-refractivity contribution in [2.75, 3.05) is 40.9 Å². The molecule has 0 aromatic carbocycles. The third-order valence-electron chi connectivity index (χ3n) is 10.8. The zero-order valence-electron chi connectivity index (χ0n) is 42.1. The third kappa shape index (κ3) is 48.9. The number of hydrogen-bond acceptors (Lipinski definition) is 6. The van der Waals surface area contributed by atoms with Crippen molar-refractivity contribution in [1.29, 1.82) is 0 Å². The summed E-state index contributed by atoms with van der Waals surface area (Å²) in [6.07, 6.45) is 66.8. The van der Waals surface area contributed by atoms with Crippen LogP contribution in [0.5, 0.6) is 0 Å². The number of nitrogens with zero attached hydrogens (tertiary/aromatic N) is 1. The molecule has 8 nitrogen and oxygen atoms in total. The fourth-order valence-electron chi connectivity index (χ4n) is 6.75. The SMILES string of the molecule is CC/C=C\C/C=C\C/C=C\C/C=C\C/C=C\C/C=C\C/C=C\C/C=C\C/C=C\CCCC(=O)NC(COP(=O)([O-])OCC[N+](C)(C)C)C(O)CCCCCCCCCCCCCCCC. The van der Waals surface area contributed by atoms with E-state index in [9.17, 15) is 19.4 Å². The first-order valence-corrected chi connectivity index (χ1v) is 27.2. The lowest BCUT2D eigenvalue weighted by atomic mass is 10.0. The molecule has 0 aliphatic heterocycles. The van der Waals surface area contributed by atoms with Crippen LogP contribution in [0, 0.1) is 0 Å². The largest absolute Gasteiger partial charge is 0.756 e. The Balaban J connectivity index is 4.38. The van der Waals surface area contributed by atoms with Gasteiger partial charge in [-0.2, -0.15) is 0 Å². The predicted octanol–water partition coefficient (Wildman–Crippen LogP) is 14.6. The molecule has 0 aromatic rings. The van der Waals surface area contributed by atoms with Crippen LogP contribution in [0.3, 0.4) is 0 Å². The molecule has 0 saturated carbocycles. The van der Waals surface area contributed by atoms with Gasteiger partial charge in [-0.3, -0.25) is 9.36 Å². The number of phosphoric acid groups is 1. The highest BCUT2D eigenvalue weighted by Crippen LogP contribution is 2.38. The molecule has 2 N–H and O–H groups in total. The number of unbranched alkanes of at least 4 members (excludes halogenated alkanes) is 14. The molecule has 9 heteroatoms. The van der Waals surface area contributed by atoms with Crippen LogP contribution in [0.15, 0.2) is 109 Å². The van der Waals surface area contributed by atoms with Gasteiger partial charge in [0.05, 0.1) is 39.9 Å². The monoisotopic (exact) mass is 925 g/mol. The Hall–Kier alpha value is -2.84. The van der Waals surface area contributed by atoms with Gasteiger partial charge in [-0.1, -0.05) is 213 Å². The van der Waals surface area contributed by atoms with Crippen LogP contribution in [0.1, 0.15) is 187 Å². The number of aliphatic hydroxyl groups is 1. The summed E-state index contributed by atoms with van der Waals surface area (Å²) >= 11 is 0. The van der Waals surface area contributed by atoms with Crippen LogP contribution in [0.4, 0.5) is 0 Å². The van der Waals surface area contributed by atoms with Crippen LogP contribution in [-0.2, 0) is 18.4 Å². The Morgan fingerprint density at radius 3 is 1.31 bits per heavy atom. The summed E-state index contributed by atoms with van der Waals surface area (Å²) in [6.45, 7) is 4.54. The number of likely N-dealkylation sites (N-methyl/N-ethyl adjacent to an activating group) is 1. The van der Waals surface area contributed by atoms with Gasteiger partial charge in [-0.25, -0.2) is 0 Å². The number of carbonyl (C=O) groups is 1. The lowest BCUT2D eigenvalue weighted by molar-refractivity contribution is -0.870. The van der Waals surface area contributed by atoms with Crippen LogP contribution in [0.25, 0.3) is 0 Å². The van der Waals surface area contributed by atoms with Crippen molar-refractivity contribution in [3.8, 4) is 0 Å². The normalized spacial score (nSPS) is 15.0. The molecule has 0 radical (unpaired) electrons. The summed E-state index contributed by atoms with van der Waals surface area (Å²) in [5.74, 6) is -0.227. The molecule has 0 aromatic heterocycles. The van der Waals surface area contributed by atoms with Gasteiger partial charge in [0.1, 0.15) is 13.2 Å². The molecule has 372 valence electrons. The first kappa shape index (κ1) is 62.2. The standard InChI is InChI=1S/C56H97N2O6P/c1-6-8-10-12-14-16-18-20-22-23-24-25-26-27-28-29-30-31-32-33-34-35-36-38-40-42-44-46-48-50-56(60)57-54(53-64-65(61,62)63-52-51-58(3,4)5)55(59)49-47-45-43-41-39-37-21-19-17-15-13-11-9-7-2/h8,10,14,16,20,22,24-25,27-28,30-31,33-34,36,38,42,44,54-55,59H,6-7,9,11-13,15,17-19,21,23,26,29,32,35,37,39-41,43,45-53H2,1-5H3,(H-,57,60,61,62)/b10-8-,16-14-,22-20-,25-24-,28-27-,31-30-,34-33-,38-36-,44-42-. The van der Waals surface area contributed by atoms with E-state index in [0.29, 0.717) is 23.9 Å². The van der Waals surface area contributed by atoms with Gasteiger partial charge in [-0.15, -0.1) is 0 Å². The molecule has 0 aliphatic carbocycles. The Labute approximate surface area is 400 Å². The molecule has 0 saturated heterocycles. The molecular formula is C56H97N2O6P. The second kappa shape index (κ2) is 46.3. The number of aliphatic hydroxyl groups excluding tert-OH is 1. The van der Waals surface area contributed by atoms with Gasteiger partial charge < -0.3 is 28.8 Å². The van der Waals surface area contributed by atoms with Gasteiger partial charge in [-0.05, 0) is 77.0 Å². The molecule has 0 spiro atoms. The number of nitrogens with one attached hydrogen (secondary N) is 1. The number of hydrogen-bond donors (Lipinski definition) is 2. The molecule has 65 heavy (non-hydrogen) atoms. The molecule has 3 unspecified atom stereocenters. The summed E-state index contributed by atoms with van der Waals surface area (Å²) in [4.78, 5) is 25.4. The fourth-order valence-corrected chi connectivity index (χ4v) is 7.47. The number of rotatable bonds is 45. The fraction of sp³-hybridized carbons (Fsp3) is 0.661. The molecule has 0 bridgehead atoms. The van der Waals surface area contributed by atoms with E-state index < -0.39 is 20.0 Å². The van der Waals surface area contributed by atoms with Gasteiger partial charge in [0.2, 0.25) is 5.91 Å². The van der Waals surface area contributed by atoms with Gasteiger partial charge in [0.15, 0.2) is 0 Å². The van der Waals surface area contributed by atoms with Crippen LogP contribution >= 0.6 is 7.82 Å². The van der Waals surface area contributed by atoms with E-state index >= 15 is 0 Å². The van der Waals surface area contributed by atoms with Crippen molar-refractivity contribution in [1.82, 2.24) is 5.32 Å². The van der Waals surface area contributed by atoms with Crippen molar-refractivity contribution >= 4 is 13.7 Å². The smallest absolute Gasteiger partial charge is 0.268 e. The second-order valence-electron chi connectivity index (χ2n) is 18.1. The molecule has 1 amide bonds. The van der Waals surface area contributed by atoms with E-state index in [2.05, 4.69) is 129 Å². The number of amides is 1. The average Bonchev–Trinajstić information content (AvgIpc) is 3.26. The summed E-state index contributed by atoms with van der Waals surface area (Å²) < 4.78 is 23.3. The van der Waals surface area contributed by atoms with Crippen molar-refractivity contribution in [3.05, 3.63) is 109 Å². The molecule has 0 rings (SSSR count). The lowest BCUT2D eigenvalue weighted by Gasteiger charge is -2.30. The summed E-state index contributed by atoms with van der Waals surface area (Å²) in [7, 11) is 1.25. The molecule has 0 aliphatic rings. The Bertz CT molecular complexity index is 1420. The zero-order valence-corrected chi connectivity index (χ0v) is 43.0. The van der Waals surface area contributed by atoms with Crippen LogP contribution in [0.2, 0.25) is 0 Å². The lowest BCUT2D eigenvalue weighted by Crippen LogP contribution is -2.46. The third-order valence-corrected chi connectivity index (χ3v) is 11.7. The zero-order chi connectivity index (χ0) is 47.8. The van der Waals surface area contributed by atoms with Crippen molar-refractivity contribution in [3.63, 3.8) is 0 Å². The van der Waals surface area contributed by atoms with E-state index in [4.69, 9.17) is 9.05 Å². The Morgan fingerprint density at radius 1 is 0.554 bits per heavy atom. The van der Waals surface area contributed by atoms with Gasteiger partial charge in [0.25, 0.3) is 7.82 Å². The maximum absolute atomic E-state index is 12.9. The molecular weight excluding hydrogens is 828 g/mol. The number of quaternary nitrogens is 1. The van der Waals surface area contributed by atoms with Crippen molar-refractivity contribution in [2.45, 2.75) is 199 Å².